The van der Waals surface area contributed by atoms with Crippen LogP contribution >= 0.6 is 0 Å². The van der Waals surface area contributed by atoms with E-state index in [9.17, 15) is 9.59 Å². The lowest BCUT2D eigenvalue weighted by Gasteiger charge is -2.25. The summed E-state index contributed by atoms with van der Waals surface area (Å²) < 4.78 is 0. The van der Waals surface area contributed by atoms with Gasteiger partial charge in [0.1, 0.15) is 0 Å². The molecule has 0 atom stereocenters. The maximum atomic E-state index is 12.3. The maximum absolute atomic E-state index is 12.3. The van der Waals surface area contributed by atoms with E-state index in [0.29, 0.717) is 26.1 Å². The Labute approximate surface area is 138 Å². The summed E-state index contributed by atoms with van der Waals surface area (Å²) in [5.41, 5.74) is 4.29. The Kier molecular flexibility index (Phi) is 8.94. The molecule has 6 heteroatoms. The summed E-state index contributed by atoms with van der Waals surface area (Å²) in [6.45, 7) is 1.52. The van der Waals surface area contributed by atoms with Gasteiger partial charge < -0.3 is 10.0 Å². The van der Waals surface area contributed by atoms with E-state index in [-0.39, 0.29) is 12.3 Å². The zero-order valence-electron chi connectivity index (χ0n) is 14.0. The largest absolute Gasteiger partial charge is 0.481 e. The van der Waals surface area contributed by atoms with Crippen molar-refractivity contribution in [3.8, 4) is 0 Å². The van der Waals surface area contributed by atoms with Crippen LogP contribution in [0.25, 0.3) is 0 Å². The first-order chi connectivity index (χ1) is 11.0. The van der Waals surface area contributed by atoms with E-state index in [0.717, 1.165) is 18.4 Å². The lowest BCUT2D eigenvalue weighted by molar-refractivity contribution is -0.137. The van der Waals surface area contributed by atoms with Crippen molar-refractivity contribution in [2.45, 2.75) is 32.2 Å². The summed E-state index contributed by atoms with van der Waals surface area (Å²) in [5, 5.41) is 10.3. The average molecular weight is 321 g/mol. The van der Waals surface area contributed by atoms with Crippen LogP contribution in [0.5, 0.6) is 0 Å². The summed E-state index contributed by atoms with van der Waals surface area (Å²) in [4.78, 5) is 24.6. The van der Waals surface area contributed by atoms with Crippen LogP contribution in [0, 0.1) is 0 Å². The topological polar surface area (TPSA) is 72.9 Å². The Morgan fingerprint density at radius 1 is 1.09 bits per heavy atom. The normalized spacial score (nSPS) is 10.7. The van der Waals surface area contributed by atoms with E-state index in [1.165, 1.54) is 0 Å². The van der Waals surface area contributed by atoms with Gasteiger partial charge in [-0.25, -0.2) is 5.43 Å². The first-order valence-electron chi connectivity index (χ1n) is 7.93. The number of carboxylic acid groups (broad SMARTS) is 1. The first kappa shape index (κ1) is 19.1. The lowest BCUT2D eigenvalue weighted by atomic mass is 10.2. The van der Waals surface area contributed by atoms with E-state index >= 15 is 0 Å². The highest BCUT2D eigenvalue weighted by molar-refractivity contribution is 5.77. The van der Waals surface area contributed by atoms with Crippen molar-refractivity contribution in [2.75, 3.05) is 27.2 Å². The fourth-order valence-electron chi connectivity index (χ4n) is 2.15. The van der Waals surface area contributed by atoms with Gasteiger partial charge in [0.25, 0.3) is 5.91 Å². The molecule has 1 amide bonds. The molecule has 0 bridgehead atoms. The molecule has 0 fully saturated rings. The number of carboxylic acids is 1. The van der Waals surface area contributed by atoms with E-state index in [1.54, 1.807) is 5.01 Å². The predicted molar refractivity (Wildman–Crippen MR) is 89.7 cm³/mol. The maximum Gasteiger partial charge on any atom is 0.303 e. The summed E-state index contributed by atoms with van der Waals surface area (Å²) in [5.74, 6) is -0.753. The number of hydrazine groups is 1. The van der Waals surface area contributed by atoms with Crippen molar-refractivity contribution in [3.63, 3.8) is 0 Å². The van der Waals surface area contributed by atoms with Gasteiger partial charge in [-0.2, -0.15) is 0 Å². The molecule has 0 aliphatic carbocycles. The lowest BCUT2D eigenvalue weighted by Crippen LogP contribution is -2.46. The van der Waals surface area contributed by atoms with Crippen molar-refractivity contribution in [1.82, 2.24) is 15.3 Å². The Balaban J connectivity index is 2.44. The second-order valence-corrected chi connectivity index (χ2v) is 5.81. The number of aliphatic carboxylic acids is 1. The smallest absolute Gasteiger partial charge is 0.303 e. The Morgan fingerprint density at radius 2 is 1.78 bits per heavy atom. The quantitative estimate of drug-likeness (QED) is 0.480. The van der Waals surface area contributed by atoms with Gasteiger partial charge in [-0.15, -0.1) is 0 Å². The molecule has 0 saturated heterocycles. The number of rotatable bonds is 11. The third-order valence-corrected chi connectivity index (χ3v) is 3.34. The van der Waals surface area contributed by atoms with Gasteiger partial charge in [-0.1, -0.05) is 36.8 Å². The molecule has 1 aromatic rings. The van der Waals surface area contributed by atoms with Crippen LogP contribution in [0.1, 0.15) is 31.2 Å². The molecule has 0 heterocycles. The van der Waals surface area contributed by atoms with Gasteiger partial charge >= 0.3 is 5.97 Å². The van der Waals surface area contributed by atoms with Crippen LogP contribution < -0.4 is 5.43 Å². The van der Waals surface area contributed by atoms with E-state index in [1.807, 2.05) is 49.3 Å². The molecule has 23 heavy (non-hydrogen) atoms. The third-order valence-electron chi connectivity index (χ3n) is 3.34. The SMILES string of the molecule is CN(C)CC(=O)N(CCCCCC(=O)O)NCc1ccccc1. The number of nitrogens with one attached hydrogen (secondary N) is 1. The van der Waals surface area contributed by atoms with Gasteiger partial charge in [-0.05, 0) is 32.5 Å². The fourth-order valence-corrected chi connectivity index (χ4v) is 2.15. The zero-order chi connectivity index (χ0) is 17.1. The van der Waals surface area contributed by atoms with Gasteiger partial charge in [0.2, 0.25) is 0 Å². The van der Waals surface area contributed by atoms with Crippen molar-refractivity contribution < 1.29 is 14.7 Å². The van der Waals surface area contributed by atoms with Crippen LogP contribution in [-0.2, 0) is 16.1 Å². The predicted octanol–water partition coefficient (Wildman–Crippen LogP) is 1.73. The first-order valence-corrected chi connectivity index (χ1v) is 7.93. The number of benzene rings is 1. The molecule has 1 rings (SSSR count). The highest BCUT2D eigenvalue weighted by Gasteiger charge is 2.13. The molecule has 0 aliphatic heterocycles. The number of likely N-dealkylation sites (N-methyl/N-ethyl adjacent to an activating group) is 1. The summed E-state index contributed by atoms with van der Waals surface area (Å²) >= 11 is 0. The fraction of sp³-hybridized carbons (Fsp3) is 0.529. The van der Waals surface area contributed by atoms with Crippen LogP contribution in [0.15, 0.2) is 30.3 Å². The summed E-state index contributed by atoms with van der Waals surface area (Å²) in [6.07, 6.45) is 2.41. The molecule has 0 radical (unpaired) electrons. The molecule has 1 aromatic carbocycles. The Morgan fingerprint density at radius 3 is 2.39 bits per heavy atom. The molecule has 2 N–H and O–H groups in total. The van der Waals surface area contributed by atoms with Crippen LogP contribution in [-0.4, -0.2) is 54.1 Å². The number of carbonyl (C=O) groups excluding carboxylic acids is 1. The minimum absolute atomic E-state index is 0.0177. The highest BCUT2D eigenvalue weighted by Crippen LogP contribution is 2.03. The van der Waals surface area contributed by atoms with Crippen molar-refractivity contribution in [1.29, 1.82) is 0 Å². The molecule has 0 spiro atoms. The zero-order valence-corrected chi connectivity index (χ0v) is 14.0. The van der Waals surface area contributed by atoms with Crippen molar-refractivity contribution in [3.05, 3.63) is 35.9 Å². The van der Waals surface area contributed by atoms with Gasteiger partial charge in [0, 0.05) is 19.5 Å². The van der Waals surface area contributed by atoms with E-state index < -0.39 is 5.97 Å². The number of carbonyl (C=O) groups is 2. The Bertz CT molecular complexity index is 477. The van der Waals surface area contributed by atoms with Crippen LogP contribution in [0.2, 0.25) is 0 Å². The minimum atomic E-state index is -0.771. The third kappa shape index (κ3) is 8.95. The highest BCUT2D eigenvalue weighted by atomic mass is 16.4. The van der Waals surface area contributed by atoms with Gasteiger partial charge in [-0.3, -0.25) is 14.6 Å². The molecule has 0 saturated carbocycles. The molecule has 0 unspecified atom stereocenters. The average Bonchev–Trinajstić information content (AvgIpc) is 2.49. The number of amides is 1. The Hall–Kier alpha value is -1.92. The number of hydrogen-bond donors (Lipinski definition) is 2. The molecule has 128 valence electrons. The second kappa shape index (κ2) is 10.7. The van der Waals surface area contributed by atoms with E-state index in [2.05, 4.69) is 5.43 Å². The van der Waals surface area contributed by atoms with Gasteiger partial charge in [0.15, 0.2) is 0 Å². The summed E-state index contributed by atoms with van der Waals surface area (Å²) in [6, 6.07) is 9.91. The number of hydrogen-bond acceptors (Lipinski definition) is 4. The van der Waals surface area contributed by atoms with E-state index in [4.69, 9.17) is 5.11 Å². The standard InChI is InChI=1S/C17H27N3O3/c1-19(2)14-16(21)20(12-8-4-7-11-17(22)23)18-13-15-9-5-3-6-10-15/h3,5-6,9-10,18H,4,7-8,11-14H2,1-2H3,(H,22,23). The minimum Gasteiger partial charge on any atom is -0.481 e. The van der Waals surface area contributed by atoms with Crippen LogP contribution in [0.4, 0.5) is 0 Å². The molecule has 0 aliphatic rings. The monoisotopic (exact) mass is 321 g/mol. The van der Waals surface area contributed by atoms with Crippen LogP contribution in [0.3, 0.4) is 0 Å². The second-order valence-electron chi connectivity index (χ2n) is 5.81. The number of unbranched alkanes of at least 4 members (excludes halogenated alkanes) is 2. The van der Waals surface area contributed by atoms with Crippen molar-refractivity contribution in [2.24, 2.45) is 0 Å². The molecule has 0 aromatic heterocycles. The van der Waals surface area contributed by atoms with Gasteiger partial charge in [0.05, 0.1) is 6.54 Å². The molecular formula is C17H27N3O3. The molecule has 6 nitrogen and oxygen atoms in total. The number of nitrogens with zero attached hydrogens (tertiary/aromatic N) is 2. The van der Waals surface area contributed by atoms with Crippen molar-refractivity contribution >= 4 is 11.9 Å². The molecular weight excluding hydrogens is 294 g/mol. The summed E-state index contributed by atoms with van der Waals surface area (Å²) in [7, 11) is 3.72.